The molecule has 1 fully saturated rings. The van der Waals surface area contributed by atoms with Crippen molar-refractivity contribution in [1.82, 2.24) is 0 Å². The molecule has 1 heterocycles. The Balaban J connectivity index is 3.33. The maximum atomic E-state index is 10.9. The summed E-state index contributed by atoms with van der Waals surface area (Å²) >= 11 is -35.9. The van der Waals surface area contributed by atoms with Crippen LogP contribution in [-0.2, 0) is 116 Å². The van der Waals surface area contributed by atoms with Gasteiger partial charge in [0.1, 0.15) is 0 Å². The average Bonchev–Trinajstić information content (AvgIpc) is 1.84. The minimum atomic E-state index is -7.18. The van der Waals surface area contributed by atoms with Crippen molar-refractivity contribution < 1.29 is 135 Å². The van der Waals surface area contributed by atoms with Gasteiger partial charge in [-0.05, 0) is 0 Å². The first-order valence-electron chi connectivity index (χ1n) is 3.65. The Kier molecular flexibility index (Phi) is 6.42. The van der Waals surface area contributed by atoms with Crippen LogP contribution in [0.4, 0.5) is 0 Å². The maximum absolute atomic E-state index is 10.9. The molecule has 0 radical (unpaired) electrons. The van der Waals surface area contributed by atoms with Crippen LogP contribution < -0.4 is 18.1 Å². The monoisotopic (exact) mass is 704 g/mol. The summed E-state index contributed by atoms with van der Waals surface area (Å²) in [7, 11) is 0. The van der Waals surface area contributed by atoms with Gasteiger partial charge in [-0.3, -0.25) is 0 Å². The number of hydrogen-bond acceptors (Lipinski definition) is 15. The summed E-state index contributed by atoms with van der Waals surface area (Å²) in [5.41, 5.74) is 0. The van der Waals surface area contributed by atoms with Gasteiger partial charge in [0.25, 0.3) is 0 Å². The molecule has 0 aliphatic carbocycles. The quantitative estimate of drug-likeness (QED) is 0.213. The Morgan fingerprint density at radius 2 is 0.500 bits per heavy atom. The van der Waals surface area contributed by atoms with Gasteiger partial charge >= 0.3 is 135 Å². The summed E-state index contributed by atoms with van der Waals surface area (Å²) in [4.78, 5) is 0. The molecule has 0 bridgehead atoms. The molecule has 20 heavy (non-hydrogen) atoms. The predicted molar refractivity (Wildman–Crippen MR) is 8.86 cm³/mol. The second-order valence-electron chi connectivity index (χ2n) is 2.64. The molecular weight excluding hydrogens is 705 g/mol. The molecular formula is Nb5O15-5. The van der Waals surface area contributed by atoms with Crippen molar-refractivity contribution >= 4 is 0 Å². The van der Waals surface area contributed by atoms with E-state index in [2.05, 4.69) is 8.77 Å². The van der Waals surface area contributed by atoms with E-state index in [0.29, 0.717) is 0 Å². The van der Waals surface area contributed by atoms with Gasteiger partial charge in [-0.25, -0.2) is 0 Å². The molecule has 15 nitrogen and oxygen atoms in total. The first-order chi connectivity index (χ1) is 8.54. The minimum absolute atomic E-state index is 3.23. The zero-order valence-corrected chi connectivity index (χ0v) is 19.4. The van der Waals surface area contributed by atoms with Crippen LogP contribution in [0.2, 0.25) is 0 Å². The van der Waals surface area contributed by atoms with Crippen molar-refractivity contribution in [1.29, 1.82) is 0 Å². The van der Waals surface area contributed by atoms with Crippen LogP contribution >= 0.6 is 0 Å². The van der Waals surface area contributed by atoms with Crippen molar-refractivity contribution in [2.24, 2.45) is 0 Å². The fraction of sp³-hybridized carbons (Fsp3) is 0. The van der Waals surface area contributed by atoms with Crippen LogP contribution in [0.3, 0.4) is 0 Å². The van der Waals surface area contributed by atoms with Gasteiger partial charge in [0, 0.05) is 0 Å². The summed E-state index contributed by atoms with van der Waals surface area (Å²) < 4.78 is 126. The second-order valence-corrected chi connectivity index (χ2v) is 27.5. The Hall–Kier alpha value is 2.30. The molecule has 0 N–H and O–H groups in total. The van der Waals surface area contributed by atoms with Gasteiger partial charge < -0.3 is 0 Å². The van der Waals surface area contributed by atoms with Crippen molar-refractivity contribution in [2.75, 3.05) is 0 Å². The molecule has 1 saturated heterocycles. The first kappa shape index (κ1) is 20.3. The van der Waals surface area contributed by atoms with E-state index in [1.165, 1.54) is 0 Å². The van der Waals surface area contributed by atoms with Gasteiger partial charge in [-0.15, -0.1) is 0 Å². The summed E-state index contributed by atoms with van der Waals surface area (Å²) in [6.45, 7) is 0. The Morgan fingerprint density at radius 1 is 0.400 bits per heavy atom. The van der Waals surface area contributed by atoms with Gasteiger partial charge in [-0.2, -0.15) is 0 Å². The normalized spacial score (nSPS) is 55.2. The first-order valence-corrected chi connectivity index (χ1v) is 21.6. The van der Waals surface area contributed by atoms with Gasteiger partial charge in [-0.1, -0.05) is 0 Å². The molecule has 0 spiro atoms. The van der Waals surface area contributed by atoms with Crippen LogP contribution in [0.5, 0.6) is 0 Å². The van der Waals surface area contributed by atoms with Gasteiger partial charge in [0.15, 0.2) is 0 Å². The zero-order valence-electron chi connectivity index (χ0n) is 8.36. The van der Waals surface area contributed by atoms with Crippen molar-refractivity contribution in [3.63, 3.8) is 0 Å². The summed E-state index contributed by atoms with van der Waals surface area (Å²) in [6, 6.07) is 0. The molecule has 0 aromatic heterocycles. The molecule has 0 amide bonds. The zero-order chi connectivity index (χ0) is 16.0. The van der Waals surface area contributed by atoms with Crippen molar-refractivity contribution in [3.05, 3.63) is 0 Å². The number of rotatable bonds is 0. The van der Waals surface area contributed by atoms with E-state index in [1.807, 2.05) is 0 Å². The van der Waals surface area contributed by atoms with E-state index in [9.17, 15) is 34.3 Å². The standard InChI is InChI=1S/5Nb.15O/q;;;;;;;;;;;;;;;5*-1. The molecule has 0 aromatic carbocycles. The van der Waals surface area contributed by atoms with Gasteiger partial charge in [0.2, 0.25) is 0 Å². The molecule has 1 rings (SSSR count). The SMILES string of the molecule is [O]=[Nb]1([O-])[O][Nb](=[O])([O-])[O][Nb](=[O])([O-])[O][Nb](=[O])([O-])[O][Nb](=[O])([O-])[O]1. The molecule has 0 atom stereocenters. The molecule has 0 saturated carbocycles. The third-order valence-corrected chi connectivity index (χ3v) is 35.0. The van der Waals surface area contributed by atoms with Crippen LogP contribution in [0.1, 0.15) is 0 Å². The van der Waals surface area contributed by atoms with Crippen LogP contribution in [0.25, 0.3) is 0 Å². The second kappa shape index (κ2) is 6.31. The predicted octanol–water partition coefficient (Wildman–Crippen LogP) is -6.89. The average molecular weight is 705 g/mol. The van der Waals surface area contributed by atoms with Crippen molar-refractivity contribution in [2.45, 2.75) is 0 Å². The molecule has 0 aromatic rings. The Bertz CT molecular complexity index is 464. The summed E-state index contributed by atoms with van der Waals surface area (Å²) in [5.74, 6) is 0. The Labute approximate surface area is 132 Å². The van der Waals surface area contributed by atoms with Gasteiger partial charge in [0.05, 0.1) is 0 Å². The molecule has 1 aliphatic rings. The topological polar surface area (TPSA) is 247 Å². The third kappa shape index (κ3) is 7.25. The Morgan fingerprint density at radius 3 is 0.600 bits per heavy atom. The van der Waals surface area contributed by atoms with E-state index in [0.717, 1.165) is 0 Å². The molecule has 120 valence electrons. The fourth-order valence-corrected chi connectivity index (χ4v) is 36.9. The van der Waals surface area contributed by atoms with E-state index in [4.69, 9.17) is 0 Å². The number of hydrogen-bond donors (Lipinski definition) is 0. The molecule has 0 unspecified atom stereocenters. The third-order valence-electron chi connectivity index (χ3n) is 1.000. The van der Waals surface area contributed by atoms with E-state index < -0.39 is 91.5 Å². The summed E-state index contributed by atoms with van der Waals surface area (Å²) in [6.07, 6.45) is 0. The van der Waals surface area contributed by atoms with Crippen LogP contribution in [0.15, 0.2) is 0 Å². The molecule has 1 aliphatic heterocycles. The van der Waals surface area contributed by atoms with Crippen LogP contribution in [-0.4, -0.2) is 0 Å². The fourth-order valence-electron chi connectivity index (χ4n) is 0.687. The van der Waals surface area contributed by atoms with Crippen LogP contribution in [0, 0.1) is 0 Å². The van der Waals surface area contributed by atoms with E-state index >= 15 is 0 Å². The van der Waals surface area contributed by atoms with E-state index in [1.54, 1.807) is 0 Å². The molecule has 20 heteroatoms. The summed E-state index contributed by atoms with van der Waals surface area (Å²) in [5, 5.41) is 0. The van der Waals surface area contributed by atoms with Crippen molar-refractivity contribution in [3.8, 4) is 0 Å². The van der Waals surface area contributed by atoms with E-state index in [-0.39, 0.29) is 0 Å².